The lowest BCUT2D eigenvalue weighted by Gasteiger charge is -2.07. The predicted octanol–water partition coefficient (Wildman–Crippen LogP) is 4.72. The van der Waals surface area contributed by atoms with Crippen molar-refractivity contribution in [2.24, 2.45) is 0 Å². The Morgan fingerprint density at radius 3 is 2.00 bits per heavy atom. The average Bonchev–Trinajstić information content (AvgIpc) is 2.47. The second-order valence-electron chi connectivity index (χ2n) is 5.10. The lowest BCUT2D eigenvalue weighted by molar-refractivity contribution is 0.304. The highest BCUT2D eigenvalue weighted by molar-refractivity contribution is 7.74. The second kappa shape index (κ2) is 11.6. The van der Waals surface area contributed by atoms with Gasteiger partial charge in [0.15, 0.2) is 0 Å². The zero-order valence-corrected chi connectivity index (χ0v) is 13.6. The van der Waals surface area contributed by atoms with Gasteiger partial charge < -0.3 is 8.92 Å². The summed E-state index contributed by atoms with van der Waals surface area (Å²) in [7, 11) is 0. The number of benzene rings is 1. The van der Waals surface area contributed by atoms with Crippen molar-refractivity contribution in [1.29, 1.82) is 0 Å². The first-order chi connectivity index (χ1) is 10.2. The Morgan fingerprint density at radius 1 is 0.905 bits per heavy atom. The van der Waals surface area contributed by atoms with E-state index >= 15 is 0 Å². The van der Waals surface area contributed by atoms with Crippen molar-refractivity contribution in [3.63, 3.8) is 0 Å². The maximum Gasteiger partial charge on any atom is 0.357 e. The second-order valence-corrected chi connectivity index (χ2v) is 5.70. The molecule has 0 fully saturated rings. The third-order valence-electron chi connectivity index (χ3n) is 3.26. The molecule has 0 saturated heterocycles. The first-order valence-electron chi connectivity index (χ1n) is 7.74. The molecule has 4 nitrogen and oxygen atoms in total. The van der Waals surface area contributed by atoms with E-state index in [9.17, 15) is 4.21 Å². The van der Waals surface area contributed by atoms with E-state index < -0.39 is 11.4 Å². The van der Waals surface area contributed by atoms with Gasteiger partial charge >= 0.3 is 11.4 Å². The quantitative estimate of drug-likeness (QED) is 0.448. The van der Waals surface area contributed by atoms with Crippen LogP contribution in [0, 0.1) is 0 Å². The van der Waals surface area contributed by atoms with E-state index in [2.05, 4.69) is 11.1 Å². The van der Waals surface area contributed by atoms with Crippen LogP contribution in [-0.4, -0.2) is 15.4 Å². The molecule has 5 heteroatoms. The van der Waals surface area contributed by atoms with Crippen molar-refractivity contribution in [3.8, 4) is 11.5 Å². The first-order valence-corrected chi connectivity index (χ1v) is 8.77. The molecule has 0 aliphatic rings. The molecule has 1 rings (SSSR count). The van der Waals surface area contributed by atoms with E-state index in [4.69, 9.17) is 9.29 Å². The highest BCUT2D eigenvalue weighted by Gasteiger charge is 1.99. The molecule has 0 radical (unpaired) electrons. The van der Waals surface area contributed by atoms with Gasteiger partial charge in [0.05, 0.1) is 6.61 Å². The molecule has 0 aliphatic carbocycles. The lowest BCUT2D eigenvalue weighted by Crippen LogP contribution is -1.99. The molecule has 0 heterocycles. The van der Waals surface area contributed by atoms with Crippen molar-refractivity contribution < 1.29 is 17.7 Å². The Kier molecular flexibility index (Phi) is 9.91. The number of unbranched alkanes of at least 4 members (excludes halogenated alkanes) is 7. The molecule has 0 spiro atoms. The number of rotatable bonds is 12. The van der Waals surface area contributed by atoms with Crippen LogP contribution in [0.1, 0.15) is 58.3 Å². The molecule has 0 saturated carbocycles. The summed E-state index contributed by atoms with van der Waals surface area (Å²) in [5.41, 5.74) is 0. The Labute approximate surface area is 130 Å². The summed E-state index contributed by atoms with van der Waals surface area (Å²) in [6.07, 6.45) is 10.2. The Bertz CT molecular complexity index is 392. The molecular formula is C16H26O4S. The van der Waals surface area contributed by atoms with Crippen LogP contribution in [0.4, 0.5) is 0 Å². The SMILES string of the molecule is CCCCCCCCCCOc1ccc(OS(=O)O)cc1. The minimum absolute atomic E-state index is 0.357. The van der Waals surface area contributed by atoms with E-state index in [0.29, 0.717) is 12.4 Å². The summed E-state index contributed by atoms with van der Waals surface area (Å²) in [6, 6.07) is 6.73. The van der Waals surface area contributed by atoms with Crippen molar-refractivity contribution in [2.75, 3.05) is 6.61 Å². The third-order valence-corrected chi connectivity index (χ3v) is 3.59. The fraction of sp³-hybridized carbons (Fsp3) is 0.625. The zero-order chi connectivity index (χ0) is 15.3. The van der Waals surface area contributed by atoms with Crippen molar-refractivity contribution in [2.45, 2.75) is 58.3 Å². The Hall–Kier alpha value is -1.07. The maximum atomic E-state index is 10.5. The van der Waals surface area contributed by atoms with Crippen molar-refractivity contribution in [3.05, 3.63) is 24.3 Å². The van der Waals surface area contributed by atoms with Gasteiger partial charge in [0.2, 0.25) is 0 Å². The average molecular weight is 314 g/mol. The summed E-state index contributed by atoms with van der Waals surface area (Å²) in [6.45, 7) is 2.94. The maximum absolute atomic E-state index is 10.5. The summed E-state index contributed by atoms with van der Waals surface area (Å²) in [4.78, 5) is 0. The van der Waals surface area contributed by atoms with Gasteiger partial charge in [0.1, 0.15) is 11.5 Å². The normalized spacial score (nSPS) is 12.1. The monoisotopic (exact) mass is 314 g/mol. The first kappa shape index (κ1) is 18.0. The number of hydrogen-bond acceptors (Lipinski definition) is 3. The number of ether oxygens (including phenoxy) is 1. The molecule has 120 valence electrons. The van der Waals surface area contributed by atoms with Crippen LogP contribution in [0.25, 0.3) is 0 Å². The largest absolute Gasteiger partial charge is 0.494 e. The van der Waals surface area contributed by atoms with Gasteiger partial charge in [0, 0.05) is 0 Å². The van der Waals surface area contributed by atoms with E-state index in [1.54, 1.807) is 24.3 Å². The van der Waals surface area contributed by atoms with Crippen molar-refractivity contribution in [1.82, 2.24) is 0 Å². The van der Waals surface area contributed by atoms with Crippen LogP contribution in [0.3, 0.4) is 0 Å². The van der Waals surface area contributed by atoms with Gasteiger partial charge in [0.25, 0.3) is 0 Å². The molecule has 1 aromatic rings. The standard InChI is InChI=1S/C16H26O4S/c1-2-3-4-5-6-7-8-9-14-19-15-10-12-16(13-11-15)20-21(17)18/h10-13H,2-9,14H2,1H3,(H,17,18). The highest BCUT2D eigenvalue weighted by atomic mass is 32.2. The van der Waals surface area contributed by atoms with Crippen LogP contribution in [0.15, 0.2) is 24.3 Å². The zero-order valence-electron chi connectivity index (χ0n) is 12.8. The Balaban J connectivity index is 2.03. The minimum Gasteiger partial charge on any atom is -0.494 e. The van der Waals surface area contributed by atoms with E-state index in [1.807, 2.05) is 0 Å². The van der Waals surface area contributed by atoms with Crippen LogP contribution in [-0.2, 0) is 11.4 Å². The van der Waals surface area contributed by atoms with Crippen LogP contribution in [0.5, 0.6) is 11.5 Å². The van der Waals surface area contributed by atoms with Gasteiger partial charge in [-0.2, -0.15) is 4.21 Å². The molecule has 0 aliphatic heterocycles. The topological polar surface area (TPSA) is 55.8 Å². The van der Waals surface area contributed by atoms with Gasteiger partial charge in [-0.1, -0.05) is 51.9 Å². The fourth-order valence-electron chi connectivity index (χ4n) is 2.10. The van der Waals surface area contributed by atoms with Crippen LogP contribution in [0.2, 0.25) is 0 Å². The molecule has 1 unspecified atom stereocenters. The molecule has 1 atom stereocenters. The van der Waals surface area contributed by atoms with Gasteiger partial charge in [-0.05, 0) is 30.7 Å². The fourth-order valence-corrected chi connectivity index (χ4v) is 2.38. The van der Waals surface area contributed by atoms with E-state index in [-0.39, 0.29) is 0 Å². The highest BCUT2D eigenvalue weighted by Crippen LogP contribution is 2.18. The van der Waals surface area contributed by atoms with E-state index in [1.165, 1.54) is 44.9 Å². The molecule has 0 bridgehead atoms. The predicted molar refractivity (Wildman–Crippen MR) is 85.9 cm³/mol. The smallest absolute Gasteiger partial charge is 0.357 e. The summed E-state index contributed by atoms with van der Waals surface area (Å²) < 4.78 is 29.3. The molecule has 0 aromatic heterocycles. The third kappa shape index (κ3) is 9.47. The van der Waals surface area contributed by atoms with Gasteiger partial charge in [-0.3, -0.25) is 4.55 Å². The number of hydrogen-bond donors (Lipinski definition) is 1. The lowest BCUT2D eigenvalue weighted by atomic mass is 10.1. The molecule has 0 amide bonds. The van der Waals surface area contributed by atoms with Crippen LogP contribution < -0.4 is 8.92 Å². The molecule has 21 heavy (non-hydrogen) atoms. The molecular weight excluding hydrogens is 288 g/mol. The Morgan fingerprint density at radius 2 is 1.43 bits per heavy atom. The van der Waals surface area contributed by atoms with Crippen molar-refractivity contribution >= 4 is 11.4 Å². The minimum atomic E-state index is -2.28. The summed E-state index contributed by atoms with van der Waals surface area (Å²) in [5, 5.41) is 0. The van der Waals surface area contributed by atoms with Crippen LogP contribution >= 0.6 is 0 Å². The molecule has 1 aromatic carbocycles. The summed E-state index contributed by atoms with van der Waals surface area (Å²) in [5.74, 6) is 1.12. The summed E-state index contributed by atoms with van der Waals surface area (Å²) >= 11 is -2.28. The van der Waals surface area contributed by atoms with Gasteiger partial charge in [-0.15, -0.1) is 0 Å². The van der Waals surface area contributed by atoms with Gasteiger partial charge in [-0.25, -0.2) is 0 Å². The molecule has 1 N–H and O–H groups in total. The van der Waals surface area contributed by atoms with E-state index in [0.717, 1.165) is 12.2 Å².